The van der Waals surface area contributed by atoms with Gasteiger partial charge in [-0.3, -0.25) is 0 Å². The lowest BCUT2D eigenvalue weighted by Crippen LogP contribution is -1.84. The van der Waals surface area contributed by atoms with Gasteiger partial charge in [0.25, 0.3) is 0 Å². The van der Waals surface area contributed by atoms with Gasteiger partial charge in [-0.25, -0.2) is 0 Å². The second-order valence-corrected chi connectivity index (χ2v) is 5.40. The molecule has 0 amide bonds. The molecule has 2 rings (SSSR count). The minimum absolute atomic E-state index is 0.519. The second-order valence-electron chi connectivity index (χ2n) is 4.39. The first kappa shape index (κ1) is 14.3. The van der Waals surface area contributed by atoms with Gasteiger partial charge in [-0.05, 0) is 35.8 Å². The van der Waals surface area contributed by atoms with Gasteiger partial charge in [0, 0.05) is 0 Å². The average molecular weight is 286 g/mol. The van der Waals surface area contributed by atoms with E-state index in [1.807, 2.05) is 43.3 Å². The molecule has 0 atom stereocenters. The van der Waals surface area contributed by atoms with Crippen LogP contribution in [0.25, 0.3) is 11.6 Å². The van der Waals surface area contributed by atoms with E-state index in [0.29, 0.717) is 4.90 Å². The van der Waals surface area contributed by atoms with Gasteiger partial charge in [0.15, 0.2) is 0 Å². The number of methoxy groups -OCH3 is 1. The van der Waals surface area contributed by atoms with Gasteiger partial charge in [-0.1, -0.05) is 42.5 Å². The van der Waals surface area contributed by atoms with Crippen molar-refractivity contribution >= 4 is 22.2 Å². The van der Waals surface area contributed by atoms with Crippen molar-refractivity contribution in [3.63, 3.8) is 0 Å². The van der Waals surface area contributed by atoms with Crippen LogP contribution in [0.3, 0.4) is 0 Å². The minimum atomic E-state index is -1.68. The number of ether oxygens (including phenoxy) is 1. The molecule has 0 saturated heterocycles. The Bertz CT molecular complexity index is 675. The van der Waals surface area contributed by atoms with Crippen molar-refractivity contribution in [1.29, 1.82) is 4.78 Å². The van der Waals surface area contributed by atoms with Gasteiger partial charge < -0.3 is 13.7 Å². The summed E-state index contributed by atoms with van der Waals surface area (Å²) in [5.41, 5.74) is 3.25. The van der Waals surface area contributed by atoms with Crippen molar-refractivity contribution in [3.05, 3.63) is 59.7 Å². The molecule has 0 fully saturated rings. The Morgan fingerprint density at radius 3 is 2.20 bits per heavy atom. The van der Waals surface area contributed by atoms with Crippen LogP contribution >= 0.6 is 0 Å². The molecule has 0 unspecified atom stereocenters. The van der Waals surface area contributed by atoms with E-state index in [1.165, 1.54) is 0 Å². The summed E-state index contributed by atoms with van der Waals surface area (Å²) in [5.74, 6) is 0.835. The molecule has 2 aromatic rings. The Kier molecular flexibility index (Phi) is 4.58. The van der Waals surface area contributed by atoms with E-state index in [2.05, 4.69) is 6.08 Å². The van der Waals surface area contributed by atoms with Crippen LogP contribution in [0.15, 0.2) is 53.4 Å². The minimum Gasteiger partial charge on any atom is -0.497 e. The number of benzene rings is 2. The molecule has 0 aliphatic carbocycles. The first-order valence-corrected chi connectivity index (χ1v) is 7.31. The van der Waals surface area contributed by atoms with Gasteiger partial charge in [0.1, 0.15) is 5.75 Å². The van der Waals surface area contributed by atoms with Crippen molar-refractivity contribution in [1.82, 2.24) is 0 Å². The zero-order valence-corrected chi connectivity index (χ0v) is 12.2. The van der Waals surface area contributed by atoms with Crippen LogP contribution in [0.5, 0.6) is 5.75 Å². The molecule has 4 heteroatoms. The molecule has 3 nitrogen and oxygen atoms in total. The number of rotatable bonds is 4. The normalized spacial score (nSPS) is 11.7. The fraction of sp³-hybridized carbons (Fsp3) is 0.125. The van der Waals surface area contributed by atoms with E-state index in [4.69, 9.17) is 9.52 Å². The topological polar surface area (TPSA) is 50.1 Å². The fourth-order valence-corrected chi connectivity index (χ4v) is 2.26. The van der Waals surface area contributed by atoms with Crippen molar-refractivity contribution in [2.45, 2.75) is 11.8 Å². The van der Waals surface area contributed by atoms with Gasteiger partial charge >= 0.3 is 0 Å². The molecule has 0 spiro atoms. The van der Waals surface area contributed by atoms with E-state index >= 15 is 0 Å². The van der Waals surface area contributed by atoms with Crippen molar-refractivity contribution in [2.75, 3.05) is 7.11 Å². The molecular weight excluding hydrogens is 270 g/mol. The highest BCUT2D eigenvalue weighted by atomic mass is 32.2. The van der Waals surface area contributed by atoms with Crippen molar-refractivity contribution in [3.8, 4) is 5.75 Å². The summed E-state index contributed by atoms with van der Waals surface area (Å²) in [4.78, 5) is 0.519. The second kappa shape index (κ2) is 6.39. The third-order valence-corrected chi connectivity index (χ3v) is 3.72. The summed E-state index contributed by atoms with van der Waals surface area (Å²) < 4.78 is 23.3. The lowest BCUT2D eigenvalue weighted by Gasteiger charge is -2.06. The molecule has 20 heavy (non-hydrogen) atoms. The molecule has 0 heterocycles. The zero-order chi connectivity index (χ0) is 14.5. The van der Waals surface area contributed by atoms with Crippen LogP contribution < -0.4 is 4.74 Å². The Morgan fingerprint density at radius 2 is 1.70 bits per heavy atom. The monoisotopic (exact) mass is 286 g/mol. The SMILES string of the molecule is COc1ccc(/C=C(\C)c2ccc([S-](=N)=O)cc2)cc1. The summed E-state index contributed by atoms with van der Waals surface area (Å²) in [6.07, 6.45) is 2.08. The number of hydrogen-bond donors (Lipinski definition) is 1. The fourth-order valence-electron chi connectivity index (χ4n) is 1.87. The number of nitrogens with one attached hydrogen (secondary N) is 1. The number of allylic oxidation sites excluding steroid dienone is 1. The molecule has 0 bridgehead atoms. The van der Waals surface area contributed by atoms with Crippen molar-refractivity contribution < 1.29 is 8.95 Å². The Hall–Kier alpha value is -2.07. The lowest BCUT2D eigenvalue weighted by molar-refractivity contribution is 0.415. The maximum Gasteiger partial charge on any atom is 0.118 e. The van der Waals surface area contributed by atoms with E-state index in [9.17, 15) is 4.21 Å². The van der Waals surface area contributed by atoms with Crippen LogP contribution in [0.2, 0.25) is 0 Å². The highest BCUT2D eigenvalue weighted by molar-refractivity contribution is 7.73. The van der Waals surface area contributed by atoms with E-state index in [-0.39, 0.29) is 0 Å². The average Bonchev–Trinajstić information content (AvgIpc) is 2.48. The highest BCUT2D eigenvalue weighted by Gasteiger charge is 1.96. The predicted molar refractivity (Wildman–Crippen MR) is 82.0 cm³/mol. The van der Waals surface area contributed by atoms with Crippen LogP contribution in [0, 0.1) is 4.78 Å². The van der Waals surface area contributed by atoms with E-state index < -0.39 is 10.6 Å². The molecule has 0 aliphatic heterocycles. The Morgan fingerprint density at radius 1 is 1.10 bits per heavy atom. The Labute approximate surface area is 120 Å². The first-order chi connectivity index (χ1) is 9.60. The van der Waals surface area contributed by atoms with Crippen LogP contribution in [0.1, 0.15) is 18.1 Å². The Balaban J connectivity index is 2.24. The smallest absolute Gasteiger partial charge is 0.118 e. The summed E-state index contributed by atoms with van der Waals surface area (Å²) in [7, 11) is -0.0288. The maximum absolute atomic E-state index is 11.0. The molecule has 0 radical (unpaired) electrons. The van der Waals surface area contributed by atoms with E-state index in [1.54, 1.807) is 19.2 Å². The van der Waals surface area contributed by atoms with E-state index in [0.717, 1.165) is 22.4 Å². The quantitative estimate of drug-likeness (QED) is 0.671. The lowest BCUT2D eigenvalue weighted by atomic mass is 10.0. The van der Waals surface area contributed by atoms with Gasteiger partial charge in [-0.15, -0.1) is 4.90 Å². The molecule has 2 aromatic carbocycles. The summed E-state index contributed by atoms with van der Waals surface area (Å²) in [5, 5.41) is 0. The predicted octanol–water partition coefficient (Wildman–Crippen LogP) is 4.34. The molecular formula is C16H16NO2S-. The largest absolute Gasteiger partial charge is 0.497 e. The summed E-state index contributed by atoms with van der Waals surface area (Å²) >= 11 is 0. The highest BCUT2D eigenvalue weighted by Crippen LogP contribution is 2.20. The zero-order valence-electron chi connectivity index (χ0n) is 11.4. The standard InChI is InChI=1S/C16H16NO2S/c1-12(11-13-3-7-15(19-2)8-4-13)14-5-9-16(10-6-14)20(17)18/h3-11,17H,1-2H3/q-1/b12-11+. The molecule has 0 aromatic heterocycles. The third-order valence-electron chi connectivity index (χ3n) is 3.02. The molecule has 0 saturated carbocycles. The maximum atomic E-state index is 11.0. The molecule has 0 aliphatic rings. The van der Waals surface area contributed by atoms with Gasteiger partial charge in [-0.2, -0.15) is 10.6 Å². The van der Waals surface area contributed by atoms with Crippen LogP contribution in [0.4, 0.5) is 0 Å². The van der Waals surface area contributed by atoms with Crippen LogP contribution in [-0.4, -0.2) is 7.11 Å². The van der Waals surface area contributed by atoms with Gasteiger partial charge in [0.2, 0.25) is 0 Å². The van der Waals surface area contributed by atoms with Crippen LogP contribution in [-0.2, 0) is 14.8 Å². The van der Waals surface area contributed by atoms with Gasteiger partial charge in [0.05, 0.1) is 7.11 Å². The van der Waals surface area contributed by atoms with Crippen molar-refractivity contribution in [2.24, 2.45) is 0 Å². The molecule has 1 N–H and O–H groups in total. The first-order valence-electron chi connectivity index (χ1n) is 6.16. The summed E-state index contributed by atoms with van der Waals surface area (Å²) in [6, 6.07) is 15.1. The summed E-state index contributed by atoms with van der Waals surface area (Å²) in [6.45, 7) is 2.02. The third kappa shape index (κ3) is 3.48. The molecule has 104 valence electrons. The number of hydrogen-bond acceptors (Lipinski definition) is 4.